The molecule has 4 aliphatic rings. The van der Waals surface area contributed by atoms with Crippen LogP contribution in [0.15, 0.2) is 36.4 Å². The lowest BCUT2D eigenvalue weighted by Gasteiger charge is -2.47. The number of aryl methyl sites for hydroxylation is 1. The summed E-state index contributed by atoms with van der Waals surface area (Å²) in [6.45, 7) is 2.48. The Balaban J connectivity index is 1.31. The van der Waals surface area contributed by atoms with Gasteiger partial charge in [-0.3, -0.25) is 4.79 Å². The van der Waals surface area contributed by atoms with Crippen LogP contribution in [0.4, 0.5) is 0 Å². The number of ether oxygens (including phenoxy) is 1. The van der Waals surface area contributed by atoms with Crippen LogP contribution in [-0.2, 0) is 16.6 Å². The summed E-state index contributed by atoms with van der Waals surface area (Å²) in [6, 6.07) is 13.0. The minimum absolute atomic E-state index is 0.0185. The highest BCUT2D eigenvalue weighted by molar-refractivity contribution is 6.28. The molecule has 37 heavy (non-hydrogen) atoms. The third kappa shape index (κ3) is 4.57. The number of nitrogens with one attached hydrogen (secondary N) is 2. The highest BCUT2D eigenvalue weighted by atomic mass is 35.5. The molecule has 1 spiro atoms. The van der Waals surface area contributed by atoms with E-state index < -0.39 is 0 Å². The van der Waals surface area contributed by atoms with Crippen LogP contribution in [0.1, 0.15) is 80.5 Å². The molecule has 4 atom stereocenters. The highest BCUT2D eigenvalue weighted by Gasteiger charge is 2.53. The predicted molar refractivity (Wildman–Crippen MR) is 146 cm³/mol. The van der Waals surface area contributed by atoms with Gasteiger partial charge in [0.1, 0.15) is 5.75 Å². The van der Waals surface area contributed by atoms with Crippen molar-refractivity contribution in [3.8, 4) is 5.75 Å². The van der Waals surface area contributed by atoms with E-state index in [4.69, 9.17) is 16.3 Å². The maximum atomic E-state index is 14.6. The number of aromatic nitrogens is 1. The molecule has 0 unspecified atom stereocenters. The van der Waals surface area contributed by atoms with E-state index in [9.17, 15) is 4.79 Å². The molecule has 2 aliphatic heterocycles. The van der Waals surface area contributed by atoms with E-state index in [1.165, 1.54) is 48.9 Å². The fraction of sp³-hybridized carbons (Fsp3) is 0.613. The number of hydrogen-bond acceptors (Lipinski definition) is 3. The number of hydrogen-bond donors (Lipinski definition) is 1. The van der Waals surface area contributed by atoms with Gasteiger partial charge in [0, 0.05) is 49.1 Å². The smallest absolute Gasteiger partial charge is 0.273 e. The fourth-order valence-electron chi connectivity index (χ4n) is 8.24. The first-order valence-electron chi connectivity index (χ1n) is 14.5. The molecule has 0 bridgehead atoms. The average Bonchev–Trinajstić information content (AvgIpc) is 3.36. The zero-order valence-electron chi connectivity index (χ0n) is 22.1. The van der Waals surface area contributed by atoms with Crippen LogP contribution in [0, 0.1) is 11.8 Å². The first-order valence-corrected chi connectivity index (χ1v) is 14.8. The Labute approximate surface area is 226 Å². The Hall–Kier alpha value is -2.11. The molecule has 1 aromatic carbocycles. The second-order valence-corrected chi connectivity index (χ2v) is 12.3. The lowest BCUT2D eigenvalue weighted by Crippen LogP contribution is -2.55. The van der Waals surface area contributed by atoms with Crippen molar-refractivity contribution >= 4 is 17.5 Å². The van der Waals surface area contributed by atoms with E-state index in [0.29, 0.717) is 28.9 Å². The average molecular weight is 523 g/mol. The largest absolute Gasteiger partial charge is 0.496 e. The van der Waals surface area contributed by atoms with Gasteiger partial charge in [0.15, 0.2) is 5.69 Å². The van der Waals surface area contributed by atoms with Gasteiger partial charge in [-0.25, -0.2) is 0 Å². The van der Waals surface area contributed by atoms with E-state index in [0.717, 1.165) is 57.5 Å². The molecule has 6 rings (SSSR count). The number of H-pyrrole nitrogens is 1. The van der Waals surface area contributed by atoms with Gasteiger partial charge in [0.2, 0.25) is 5.91 Å². The molecule has 2 aromatic rings. The molecule has 0 radical (unpaired) electrons. The van der Waals surface area contributed by atoms with E-state index in [2.05, 4.69) is 45.5 Å². The van der Waals surface area contributed by atoms with Crippen molar-refractivity contribution in [2.75, 3.05) is 26.7 Å². The summed E-state index contributed by atoms with van der Waals surface area (Å²) < 4.78 is 5.75. The lowest BCUT2D eigenvalue weighted by atomic mass is 9.64. The number of fused-ring (bicyclic) bond motifs is 2. The van der Waals surface area contributed by atoms with E-state index >= 15 is 0 Å². The quantitative estimate of drug-likeness (QED) is 0.553. The van der Waals surface area contributed by atoms with Gasteiger partial charge in [-0.05, 0) is 79.7 Å². The summed E-state index contributed by atoms with van der Waals surface area (Å²) >= 11 is 6.33. The van der Waals surface area contributed by atoms with Gasteiger partial charge in [0.25, 0.3) is 5.15 Å². The van der Waals surface area contributed by atoms with Gasteiger partial charge < -0.3 is 15.0 Å². The van der Waals surface area contributed by atoms with Crippen LogP contribution in [0.5, 0.6) is 5.75 Å². The van der Waals surface area contributed by atoms with Crippen molar-refractivity contribution in [1.82, 2.24) is 10.2 Å². The third-order valence-corrected chi connectivity index (χ3v) is 10.3. The van der Waals surface area contributed by atoms with Crippen molar-refractivity contribution < 1.29 is 14.5 Å². The summed E-state index contributed by atoms with van der Waals surface area (Å²) in [4.78, 5) is 20.4. The predicted octanol–water partition coefficient (Wildman–Crippen LogP) is 5.31. The number of aromatic amines is 1. The SMILES string of the molecule is COc1ccccc1[C@@H]1CCN(C(=O)[C@@H]2CNC[C@]23CCCc2[nH+]c(Cl)ccc23)[C@H](C2CCCCC2)C1. The number of nitrogens with zero attached hydrogens (tertiary/aromatic N) is 1. The van der Waals surface area contributed by atoms with Crippen molar-refractivity contribution in [2.24, 2.45) is 11.8 Å². The first kappa shape index (κ1) is 25.2. The van der Waals surface area contributed by atoms with Crippen LogP contribution in [0.25, 0.3) is 0 Å². The molecule has 3 heterocycles. The summed E-state index contributed by atoms with van der Waals surface area (Å²) in [7, 11) is 1.77. The van der Waals surface area contributed by atoms with Crippen LogP contribution >= 0.6 is 11.6 Å². The number of methoxy groups -OCH3 is 1. The van der Waals surface area contributed by atoms with Gasteiger partial charge >= 0.3 is 0 Å². The molecule has 5 nitrogen and oxygen atoms in total. The monoisotopic (exact) mass is 522 g/mol. The topological polar surface area (TPSA) is 55.7 Å². The minimum Gasteiger partial charge on any atom is -0.496 e. The van der Waals surface area contributed by atoms with Crippen molar-refractivity contribution in [1.29, 1.82) is 0 Å². The van der Waals surface area contributed by atoms with Gasteiger partial charge in [-0.2, -0.15) is 4.98 Å². The maximum absolute atomic E-state index is 14.6. The maximum Gasteiger partial charge on any atom is 0.273 e. The summed E-state index contributed by atoms with van der Waals surface area (Å²) in [5, 5.41) is 4.32. The Morgan fingerprint density at radius 2 is 1.95 bits per heavy atom. The van der Waals surface area contributed by atoms with Crippen LogP contribution in [0.3, 0.4) is 0 Å². The molecular formula is C31H41ClN3O2+. The summed E-state index contributed by atoms with van der Waals surface area (Å²) in [5.74, 6) is 2.39. The standard InChI is InChI=1S/C31H40ClN3O2/c1-37-28-12-6-5-10-23(28)22-15-17-35(27(18-22)21-8-3-2-4-9-21)30(36)25-19-33-20-31(25)16-7-11-26-24(31)13-14-29(32)34-26/h5-6,10,12-14,21-22,25,27,33H,2-4,7-9,11,15-20H2,1H3/p+1/t22-,25+,27+,31+/m1/s1. The zero-order valence-corrected chi connectivity index (χ0v) is 22.9. The number of carbonyl (C=O) groups is 1. The first-order chi connectivity index (χ1) is 18.1. The molecular weight excluding hydrogens is 482 g/mol. The van der Waals surface area contributed by atoms with E-state index in [1.807, 2.05) is 6.07 Å². The van der Waals surface area contributed by atoms with Gasteiger partial charge in [-0.15, -0.1) is 0 Å². The Kier molecular flexibility index (Phi) is 7.19. The Morgan fingerprint density at radius 1 is 1.11 bits per heavy atom. The minimum atomic E-state index is -0.137. The molecule has 1 saturated carbocycles. The molecule has 198 valence electrons. The van der Waals surface area contributed by atoms with Crippen molar-refractivity contribution in [3.63, 3.8) is 0 Å². The van der Waals surface area contributed by atoms with E-state index in [1.54, 1.807) is 7.11 Å². The number of pyridine rings is 1. The number of piperidine rings is 1. The molecule has 1 aromatic heterocycles. The van der Waals surface area contributed by atoms with Crippen molar-refractivity contribution in [3.05, 3.63) is 58.4 Å². The highest BCUT2D eigenvalue weighted by Crippen LogP contribution is 2.47. The number of amides is 1. The molecule has 2 N–H and O–H groups in total. The van der Waals surface area contributed by atoms with Crippen LogP contribution < -0.4 is 15.0 Å². The summed E-state index contributed by atoms with van der Waals surface area (Å²) in [6.07, 6.45) is 11.6. The molecule has 3 fully saturated rings. The molecule has 1 amide bonds. The summed E-state index contributed by atoms with van der Waals surface area (Å²) in [5.41, 5.74) is 3.71. The second kappa shape index (κ2) is 10.6. The van der Waals surface area contributed by atoms with Crippen LogP contribution in [-0.4, -0.2) is 43.6 Å². The van der Waals surface area contributed by atoms with Crippen LogP contribution in [0.2, 0.25) is 5.15 Å². The lowest BCUT2D eigenvalue weighted by molar-refractivity contribution is -0.390. The van der Waals surface area contributed by atoms with Gasteiger partial charge in [-0.1, -0.05) is 37.5 Å². The number of likely N-dealkylation sites (tertiary alicyclic amines) is 1. The number of carbonyl (C=O) groups excluding carboxylic acids is 1. The van der Waals surface area contributed by atoms with Gasteiger partial charge in [0.05, 0.1) is 13.0 Å². The molecule has 2 aliphatic carbocycles. The second-order valence-electron chi connectivity index (χ2n) is 11.9. The Bertz CT molecular complexity index is 1130. The molecule has 2 saturated heterocycles. The number of benzene rings is 1. The normalized spacial score (nSPS) is 30.3. The number of rotatable bonds is 4. The molecule has 6 heteroatoms. The fourth-order valence-corrected chi connectivity index (χ4v) is 8.42. The third-order valence-electron chi connectivity index (χ3n) is 10.0. The number of para-hydroxylation sites is 1. The number of halogens is 1. The van der Waals surface area contributed by atoms with Crippen molar-refractivity contribution in [2.45, 2.75) is 81.6 Å². The van der Waals surface area contributed by atoms with E-state index in [-0.39, 0.29) is 11.3 Å². The Morgan fingerprint density at radius 3 is 2.78 bits per heavy atom. The zero-order chi connectivity index (χ0) is 25.4.